The second-order valence-electron chi connectivity index (χ2n) is 5.40. The number of aromatic nitrogens is 1. The summed E-state index contributed by atoms with van der Waals surface area (Å²) >= 11 is 0. The van der Waals surface area contributed by atoms with Gasteiger partial charge in [0.15, 0.2) is 0 Å². The Hall–Kier alpha value is -1.89. The van der Waals surface area contributed by atoms with Gasteiger partial charge in [-0.05, 0) is 26.8 Å². The highest BCUT2D eigenvalue weighted by atomic mass is 16.6. The highest BCUT2D eigenvalue weighted by Gasteiger charge is 2.34. The predicted molar refractivity (Wildman–Crippen MR) is 72.1 cm³/mol. The number of hydrogen-bond acceptors (Lipinski definition) is 6. The van der Waals surface area contributed by atoms with E-state index in [-0.39, 0.29) is 23.2 Å². The Morgan fingerprint density at radius 2 is 2.26 bits per heavy atom. The van der Waals surface area contributed by atoms with E-state index in [2.05, 4.69) is 4.98 Å². The topological polar surface area (TPSA) is 94.5 Å². The number of morpholine rings is 1. The minimum atomic E-state index is -0.436. The predicted octanol–water partition coefficient (Wildman–Crippen LogP) is 1.58. The van der Waals surface area contributed by atoms with Gasteiger partial charge >= 0.3 is 5.69 Å². The third-order valence-electron chi connectivity index (χ3n) is 2.94. The molecule has 104 valence electrons. The van der Waals surface area contributed by atoms with E-state index in [1.54, 1.807) is 0 Å². The molecule has 1 atom stereocenters. The Kier molecular flexibility index (Phi) is 3.32. The first kappa shape index (κ1) is 13.5. The van der Waals surface area contributed by atoms with E-state index in [9.17, 15) is 10.1 Å². The van der Waals surface area contributed by atoms with Crippen LogP contribution in [0, 0.1) is 10.1 Å². The average molecular weight is 266 g/mol. The van der Waals surface area contributed by atoms with Crippen LogP contribution >= 0.6 is 0 Å². The first-order chi connectivity index (χ1) is 8.78. The maximum absolute atomic E-state index is 11.1. The molecule has 1 aliphatic rings. The Balaban J connectivity index is 2.40. The van der Waals surface area contributed by atoms with E-state index in [0.29, 0.717) is 18.9 Å². The molecule has 1 fully saturated rings. The van der Waals surface area contributed by atoms with Crippen molar-refractivity contribution < 1.29 is 9.66 Å². The molecule has 2 heterocycles. The molecule has 1 aliphatic heterocycles. The van der Waals surface area contributed by atoms with Crippen LogP contribution in [0.1, 0.15) is 20.8 Å². The normalized spacial score (nSPS) is 22.3. The standard InChI is InChI=1S/C12H18N4O3/c1-8-6-15(7-12(2,3)19-8)11-9(16(17)18)4-5-10(13)14-11/h4-5,8H,6-7H2,1-3H3,(H2,13,14). The maximum Gasteiger partial charge on any atom is 0.311 e. The molecule has 7 heteroatoms. The SMILES string of the molecule is CC1CN(c2nc(N)ccc2[N+](=O)[O-])CC(C)(C)O1. The fraction of sp³-hybridized carbons (Fsp3) is 0.583. The van der Waals surface area contributed by atoms with E-state index >= 15 is 0 Å². The van der Waals surface area contributed by atoms with Crippen LogP contribution < -0.4 is 10.6 Å². The second-order valence-corrected chi connectivity index (χ2v) is 5.40. The summed E-state index contributed by atoms with van der Waals surface area (Å²) in [6.45, 7) is 6.93. The number of nitrogen functional groups attached to an aromatic ring is 1. The maximum atomic E-state index is 11.1. The smallest absolute Gasteiger partial charge is 0.311 e. The van der Waals surface area contributed by atoms with Crippen LogP contribution in [-0.4, -0.2) is 34.7 Å². The van der Waals surface area contributed by atoms with Crippen molar-refractivity contribution in [3.8, 4) is 0 Å². The summed E-state index contributed by atoms with van der Waals surface area (Å²) in [6.07, 6.45) is -0.0217. The van der Waals surface area contributed by atoms with Crippen LogP contribution in [0.2, 0.25) is 0 Å². The molecule has 2 N–H and O–H groups in total. The molecule has 0 radical (unpaired) electrons. The van der Waals surface area contributed by atoms with E-state index in [4.69, 9.17) is 10.5 Å². The van der Waals surface area contributed by atoms with Gasteiger partial charge in [-0.1, -0.05) is 0 Å². The zero-order valence-electron chi connectivity index (χ0n) is 11.3. The van der Waals surface area contributed by atoms with Crippen molar-refractivity contribution in [2.45, 2.75) is 32.5 Å². The van der Waals surface area contributed by atoms with Crippen LogP contribution in [0.15, 0.2) is 12.1 Å². The molecule has 2 rings (SSSR count). The van der Waals surface area contributed by atoms with Crippen molar-refractivity contribution in [1.82, 2.24) is 4.98 Å². The number of nitrogens with two attached hydrogens (primary N) is 1. The first-order valence-corrected chi connectivity index (χ1v) is 6.12. The second kappa shape index (κ2) is 4.65. The molecule has 1 aromatic heterocycles. The van der Waals surface area contributed by atoms with Gasteiger partial charge in [-0.25, -0.2) is 4.98 Å². The lowest BCUT2D eigenvalue weighted by Gasteiger charge is -2.42. The third kappa shape index (κ3) is 2.93. The minimum Gasteiger partial charge on any atom is -0.384 e. The van der Waals surface area contributed by atoms with E-state index in [1.165, 1.54) is 12.1 Å². The molecule has 0 aromatic carbocycles. The molecule has 19 heavy (non-hydrogen) atoms. The molecule has 0 aliphatic carbocycles. The van der Waals surface area contributed by atoms with Gasteiger partial charge in [0, 0.05) is 19.2 Å². The van der Waals surface area contributed by atoms with Gasteiger partial charge in [0.2, 0.25) is 5.82 Å². The molecule has 1 saturated heterocycles. The van der Waals surface area contributed by atoms with Crippen LogP contribution in [-0.2, 0) is 4.74 Å². The number of ether oxygens (including phenoxy) is 1. The molecule has 7 nitrogen and oxygen atoms in total. The molecule has 0 amide bonds. The van der Waals surface area contributed by atoms with Gasteiger partial charge in [-0.15, -0.1) is 0 Å². The van der Waals surface area contributed by atoms with Gasteiger partial charge in [-0.2, -0.15) is 0 Å². The molecule has 0 bridgehead atoms. The lowest BCUT2D eigenvalue weighted by molar-refractivity contribution is -0.384. The molecular weight excluding hydrogens is 248 g/mol. The van der Waals surface area contributed by atoms with Gasteiger partial charge in [0.25, 0.3) is 0 Å². The summed E-state index contributed by atoms with van der Waals surface area (Å²) in [5.41, 5.74) is 5.24. The Morgan fingerprint density at radius 1 is 1.58 bits per heavy atom. The summed E-state index contributed by atoms with van der Waals surface area (Å²) in [6, 6.07) is 2.83. The van der Waals surface area contributed by atoms with Gasteiger partial charge < -0.3 is 15.4 Å². The zero-order valence-corrected chi connectivity index (χ0v) is 11.3. The number of hydrogen-bond donors (Lipinski definition) is 1. The fourth-order valence-corrected chi connectivity index (χ4v) is 2.45. The van der Waals surface area contributed by atoms with Gasteiger partial charge in [0.05, 0.1) is 16.6 Å². The molecular formula is C12H18N4O3. The summed E-state index contributed by atoms with van der Waals surface area (Å²) in [4.78, 5) is 16.6. The fourth-order valence-electron chi connectivity index (χ4n) is 2.45. The van der Waals surface area contributed by atoms with E-state index < -0.39 is 4.92 Å². The lowest BCUT2D eigenvalue weighted by atomic mass is 10.1. The van der Waals surface area contributed by atoms with Crippen molar-refractivity contribution in [2.24, 2.45) is 0 Å². The van der Waals surface area contributed by atoms with Gasteiger partial charge in [0.1, 0.15) is 5.82 Å². The summed E-state index contributed by atoms with van der Waals surface area (Å²) in [5.74, 6) is 0.589. The van der Waals surface area contributed by atoms with Crippen molar-refractivity contribution in [2.75, 3.05) is 23.7 Å². The molecule has 0 saturated carbocycles. The van der Waals surface area contributed by atoms with Crippen molar-refractivity contribution in [3.05, 3.63) is 22.2 Å². The first-order valence-electron chi connectivity index (χ1n) is 6.12. The summed E-state index contributed by atoms with van der Waals surface area (Å²) < 4.78 is 5.79. The average Bonchev–Trinajstić information content (AvgIpc) is 2.25. The minimum absolute atomic E-state index is 0.0217. The van der Waals surface area contributed by atoms with Crippen molar-refractivity contribution in [1.29, 1.82) is 0 Å². The zero-order chi connectivity index (χ0) is 14.2. The number of nitro groups is 1. The van der Waals surface area contributed by atoms with Crippen molar-refractivity contribution >= 4 is 17.3 Å². The lowest BCUT2D eigenvalue weighted by Crippen LogP contribution is -2.52. The quantitative estimate of drug-likeness (QED) is 0.645. The molecule has 0 spiro atoms. The summed E-state index contributed by atoms with van der Waals surface area (Å²) in [7, 11) is 0. The number of pyridine rings is 1. The molecule has 1 aromatic rings. The molecule has 1 unspecified atom stereocenters. The highest BCUT2D eigenvalue weighted by Crippen LogP contribution is 2.31. The number of rotatable bonds is 2. The van der Waals surface area contributed by atoms with E-state index in [0.717, 1.165) is 0 Å². The third-order valence-corrected chi connectivity index (χ3v) is 2.94. The van der Waals surface area contributed by atoms with Crippen LogP contribution in [0.3, 0.4) is 0 Å². The van der Waals surface area contributed by atoms with E-state index in [1.807, 2.05) is 25.7 Å². The number of anilines is 2. The van der Waals surface area contributed by atoms with Crippen molar-refractivity contribution in [3.63, 3.8) is 0 Å². The van der Waals surface area contributed by atoms with Crippen LogP contribution in [0.5, 0.6) is 0 Å². The summed E-state index contributed by atoms with van der Waals surface area (Å²) in [5, 5.41) is 11.1. The monoisotopic (exact) mass is 266 g/mol. The highest BCUT2D eigenvalue weighted by molar-refractivity contribution is 5.61. The van der Waals surface area contributed by atoms with Crippen LogP contribution in [0.4, 0.5) is 17.3 Å². The Morgan fingerprint density at radius 3 is 2.84 bits per heavy atom. The Bertz CT molecular complexity index is 504. The van der Waals surface area contributed by atoms with Gasteiger partial charge in [-0.3, -0.25) is 10.1 Å². The Labute approximate surface area is 111 Å². The number of nitrogens with zero attached hydrogens (tertiary/aromatic N) is 3. The largest absolute Gasteiger partial charge is 0.384 e. The van der Waals surface area contributed by atoms with Crippen LogP contribution in [0.25, 0.3) is 0 Å².